The number of carbonyl (C=O) groups excluding carboxylic acids is 2. The summed E-state index contributed by atoms with van der Waals surface area (Å²) in [6.45, 7) is 1.45. The molecule has 0 N–H and O–H groups in total. The molecule has 142 valence electrons. The first-order valence-electron chi connectivity index (χ1n) is 7.51. The van der Waals surface area contributed by atoms with Gasteiger partial charge in [-0.05, 0) is 43.3 Å². The molecule has 1 atom stereocenters. The summed E-state index contributed by atoms with van der Waals surface area (Å²) in [5.41, 5.74) is -0.416. The van der Waals surface area contributed by atoms with Gasteiger partial charge < -0.3 is 9.57 Å². The number of Topliss-reactive ketones (excluding diaryl/α,β-unsaturated/α-hetero) is 2. The molecule has 0 aliphatic heterocycles. The van der Waals surface area contributed by atoms with E-state index in [0.717, 1.165) is 0 Å². The van der Waals surface area contributed by atoms with Crippen molar-refractivity contribution in [1.29, 1.82) is 0 Å². The van der Waals surface area contributed by atoms with Crippen LogP contribution < -0.4 is 4.74 Å². The van der Waals surface area contributed by atoms with E-state index in [9.17, 15) is 9.59 Å². The Hall–Kier alpha value is -1.79. The average Bonchev–Trinajstić information content (AvgIpc) is 2.61. The van der Waals surface area contributed by atoms with Crippen molar-refractivity contribution in [3.8, 4) is 5.75 Å². The van der Waals surface area contributed by atoms with E-state index in [0.29, 0.717) is 10.0 Å². The molecule has 5 nitrogen and oxygen atoms in total. The smallest absolute Gasteiger partial charge is 0.228 e. The van der Waals surface area contributed by atoms with Crippen molar-refractivity contribution in [2.24, 2.45) is 5.16 Å². The molecular formula is C18H13Cl4NO4. The third-order valence-electron chi connectivity index (χ3n) is 3.37. The summed E-state index contributed by atoms with van der Waals surface area (Å²) in [6, 6.07) is 8.80. The van der Waals surface area contributed by atoms with Gasteiger partial charge in [0.15, 0.2) is 11.8 Å². The summed E-state index contributed by atoms with van der Waals surface area (Å²) in [5.74, 6) is -1.20. The number of ketones is 2. The fourth-order valence-electron chi connectivity index (χ4n) is 2.10. The van der Waals surface area contributed by atoms with Crippen molar-refractivity contribution in [2.75, 3.05) is 7.11 Å². The second kappa shape index (κ2) is 9.42. The number of ether oxygens (including phenoxy) is 1. The van der Waals surface area contributed by atoms with Crippen molar-refractivity contribution in [2.45, 2.75) is 13.0 Å². The topological polar surface area (TPSA) is 65.0 Å². The van der Waals surface area contributed by atoms with Gasteiger partial charge in [-0.25, -0.2) is 0 Å². The number of nitrogens with zero attached hydrogens (tertiary/aromatic N) is 1. The van der Waals surface area contributed by atoms with Crippen molar-refractivity contribution in [1.82, 2.24) is 0 Å². The molecule has 1 unspecified atom stereocenters. The van der Waals surface area contributed by atoms with E-state index in [4.69, 9.17) is 51.1 Å². The van der Waals surface area contributed by atoms with Gasteiger partial charge in [-0.3, -0.25) is 9.59 Å². The van der Waals surface area contributed by atoms with E-state index in [1.54, 1.807) is 6.07 Å². The fraction of sp³-hybridized carbons (Fsp3) is 0.167. The van der Waals surface area contributed by atoms with Gasteiger partial charge in [-0.1, -0.05) is 51.6 Å². The Labute approximate surface area is 175 Å². The van der Waals surface area contributed by atoms with Gasteiger partial charge >= 0.3 is 0 Å². The van der Waals surface area contributed by atoms with E-state index in [2.05, 4.69) is 9.99 Å². The average molecular weight is 449 g/mol. The largest absolute Gasteiger partial charge is 0.481 e. The zero-order valence-corrected chi connectivity index (χ0v) is 17.2. The number of oxime groups is 1. The lowest BCUT2D eigenvalue weighted by atomic mass is 10.0. The van der Waals surface area contributed by atoms with E-state index >= 15 is 0 Å². The van der Waals surface area contributed by atoms with Crippen LogP contribution in [-0.2, 0) is 9.63 Å². The quantitative estimate of drug-likeness (QED) is 0.242. The molecule has 0 heterocycles. The second-order valence-electron chi connectivity index (χ2n) is 5.27. The molecule has 0 aromatic heterocycles. The molecule has 0 saturated carbocycles. The lowest BCUT2D eigenvalue weighted by molar-refractivity contribution is -0.118. The molecule has 0 bridgehead atoms. The Balaban J connectivity index is 2.28. The lowest BCUT2D eigenvalue weighted by Crippen LogP contribution is -2.36. The number of carbonyl (C=O) groups is 2. The van der Waals surface area contributed by atoms with Gasteiger partial charge in [0, 0.05) is 15.6 Å². The SMILES string of the molecule is CO/N=C(/C(=O)c1ccc(Cl)cc1Cl)C(=O)C(C)Oc1ccc(Cl)cc1Cl. The minimum absolute atomic E-state index is 0.0574. The molecule has 0 aliphatic carbocycles. The first-order chi connectivity index (χ1) is 12.7. The number of benzene rings is 2. The molecule has 2 aromatic carbocycles. The maximum atomic E-state index is 12.7. The number of halogens is 4. The fourth-order valence-corrected chi connectivity index (χ4v) is 3.05. The highest BCUT2D eigenvalue weighted by Crippen LogP contribution is 2.28. The minimum Gasteiger partial charge on any atom is -0.481 e. The van der Waals surface area contributed by atoms with Crippen LogP contribution in [0.5, 0.6) is 5.75 Å². The lowest BCUT2D eigenvalue weighted by Gasteiger charge is -2.15. The predicted molar refractivity (Wildman–Crippen MR) is 107 cm³/mol. The summed E-state index contributed by atoms with van der Waals surface area (Å²) in [5, 5.41) is 4.62. The van der Waals surface area contributed by atoms with Crippen LogP contribution in [0.3, 0.4) is 0 Å². The van der Waals surface area contributed by atoms with Crippen LogP contribution in [0.2, 0.25) is 20.1 Å². The summed E-state index contributed by atoms with van der Waals surface area (Å²) < 4.78 is 5.54. The van der Waals surface area contributed by atoms with E-state index in [1.165, 1.54) is 44.4 Å². The normalized spacial score (nSPS) is 12.4. The zero-order chi connectivity index (χ0) is 20.1. The highest BCUT2D eigenvalue weighted by molar-refractivity contribution is 6.70. The van der Waals surface area contributed by atoms with Crippen LogP contribution in [0.25, 0.3) is 0 Å². The Morgan fingerprint density at radius 2 is 1.56 bits per heavy atom. The highest BCUT2D eigenvalue weighted by atomic mass is 35.5. The van der Waals surface area contributed by atoms with Crippen LogP contribution in [0.4, 0.5) is 0 Å². The second-order valence-corrected chi connectivity index (χ2v) is 6.96. The summed E-state index contributed by atoms with van der Waals surface area (Å²) >= 11 is 23.8. The van der Waals surface area contributed by atoms with Gasteiger partial charge in [0.05, 0.1) is 10.0 Å². The maximum Gasteiger partial charge on any atom is 0.228 e. The molecule has 0 fully saturated rings. The summed E-state index contributed by atoms with van der Waals surface area (Å²) in [6.07, 6.45) is -1.08. The first-order valence-corrected chi connectivity index (χ1v) is 9.02. The Kier molecular flexibility index (Phi) is 7.50. The number of hydrogen-bond acceptors (Lipinski definition) is 5. The Morgan fingerprint density at radius 3 is 2.11 bits per heavy atom. The summed E-state index contributed by atoms with van der Waals surface area (Å²) in [7, 11) is 1.21. The van der Waals surface area contributed by atoms with Gasteiger partial charge in [-0.2, -0.15) is 0 Å². The van der Waals surface area contributed by atoms with Gasteiger partial charge in [0.2, 0.25) is 11.6 Å². The number of hydrogen-bond donors (Lipinski definition) is 0. The van der Waals surface area contributed by atoms with Crippen LogP contribution in [0, 0.1) is 0 Å². The molecule has 27 heavy (non-hydrogen) atoms. The van der Waals surface area contributed by atoms with Crippen molar-refractivity contribution >= 4 is 63.7 Å². The van der Waals surface area contributed by atoms with Crippen molar-refractivity contribution in [3.05, 3.63) is 62.1 Å². The van der Waals surface area contributed by atoms with E-state index < -0.39 is 23.4 Å². The molecule has 2 aromatic rings. The van der Waals surface area contributed by atoms with Crippen molar-refractivity contribution < 1.29 is 19.2 Å². The molecule has 0 aliphatic rings. The van der Waals surface area contributed by atoms with Gasteiger partial charge in [0.25, 0.3) is 0 Å². The molecule has 0 spiro atoms. The van der Waals surface area contributed by atoms with Crippen LogP contribution >= 0.6 is 46.4 Å². The molecule has 0 saturated heterocycles. The van der Waals surface area contributed by atoms with Crippen LogP contribution in [-0.4, -0.2) is 30.5 Å². The van der Waals surface area contributed by atoms with Gasteiger partial charge in [0.1, 0.15) is 12.9 Å². The summed E-state index contributed by atoms with van der Waals surface area (Å²) in [4.78, 5) is 30.1. The van der Waals surface area contributed by atoms with E-state index in [-0.39, 0.29) is 21.4 Å². The Morgan fingerprint density at radius 1 is 0.963 bits per heavy atom. The first kappa shape index (κ1) is 21.5. The molecule has 0 amide bonds. The van der Waals surface area contributed by atoms with Gasteiger partial charge in [-0.15, -0.1) is 0 Å². The highest BCUT2D eigenvalue weighted by Gasteiger charge is 2.30. The predicted octanol–water partition coefficient (Wildman–Crippen LogP) is 5.52. The minimum atomic E-state index is -1.08. The van der Waals surface area contributed by atoms with Crippen molar-refractivity contribution in [3.63, 3.8) is 0 Å². The number of rotatable bonds is 7. The van der Waals surface area contributed by atoms with Crippen LogP contribution in [0.1, 0.15) is 17.3 Å². The zero-order valence-electron chi connectivity index (χ0n) is 14.1. The molecule has 0 radical (unpaired) electrons. The van der Waals surface area contributed by atoms with Crippen LogP contribution in [0.15, 0.2) is 41.6 Å². The monoisotopic (exact) mass is 447 g/mol. The third kappa shape index (κ3) is 5.36. The standard InChI is InChI=1S/C18H13Cl4NO4/c1-9(27-15-6-4-11(20)8-14(15)22)17(24)16(23-26-2)18(25)12-5-3-10(19)7-13(12)21/h3-9H,1-2H3/b23-16+. The molecule has 9 heteroatoms. The maximum absolute atomic E-state index is 12.7. The molecule has 2 rings (SSSR count). The Bertz CT molecular complexity index is 914. The molecular weight excluding hydrogens is 436 g/mol. The third-order valence-corrected chi connectivity index (χ3v) is 4.45. The van der Waals surface area contributed by atoms with E-state index in [1.807, 2.05) is 0 Å².